The maximum atomic E-state index is 7.29. The van der Waals surface area contributed by atoms with Gasteiger partial charge in [0, 0.05) is 43.4 Å². The molecule has 0 N–H and O–H groups in total. The molecule has 0 radical (unpaired) electrons. The van der Waals surface area contributed by atoms with Gasteiger partial charge in [0.25, 0.3) is 0 Å². The Kier molecular flexibility index (Phi) is 4.50. The second-order valence-electron chi connectivity index (χ2n) is 8.51. The molecule has 0 spiro atoms. The fourth-order valence-corrected chi connectivity index (χ4v) is 6.92. The molecule has 2 aromatic heterocycles. The molecule has 0 unspecified atom stereocenters. The van der Waals surface area contributed by atoms with E-state index in [9.17, 15) is 0 Å². The third kappa shape index (κ3) is 2.87. The molecule has 0 saturated heterocycles. The van der Waals surface area contributed by atoms with Gasteiger partial charge < -0.3 is 8.96 Å². The van der Waals surface area contributed by atoms with E-state index in [4.69, 9.17) is 31.4 Å². The van der Waals surface area contributed by atoms with Crippen LogP contribution in [-0.4, -0.2) is 27.0 Å². The lowest BCUT2D eigenvalue weighted by molar-refractivity contribution is 0.938. The lowest BCUT2D eigenvalue weighted by atomic mass is 10.1. The van der Waals surface area contributed by atoms with Crippen molar-refractivity contribution >= 4 is 130 Å². The molecule has 0 amide bonds. The Bertz CT molecular complexity index is 2020. The largest absolute Gasteiger partial charge is 0.499 e. The van der Waals surface area contributed by atoms with Crippen LogP contribution in [0.15, 0.2) is 74.6 Å². The first kappa shape index (κ1) is 21.3. The molecule has 8 rings (SSSR count). The molecule has 5 aromatic rings. The van der Waals surface area contributed by atoms with Crippen molar-refractivity contribution in [2.45, 2.75) is 0 Å². The summed E-state index contributed by atoms with van der Waals surface area (Å²) in [6.07, 6.45) is -0.577. The highest BCUT2D eigenvalue weighted by Gasteiger charge is 2.35. The second kappa shape index (κ2) is 7.39. The normalized spacial score (nSPS) is 15.0. The molecule has 0 atom stereocenters. The average molecular weight is 808 g/mol. The van der Waals surface area contributed by atoms with E-state index >= 15 is 0 Å². The van der Waals surface area contributed by atoms with Crippen LogP contribution < -0.4 is 11.0 Å². The summed E-state index contributed by atoms with van der Waals surface area (Å²) in [5.41, 5.74) is 3.51. The first-order valence-corrected chi connectivity index (χ1v) is 14.4. The van der Waals surface area contributed by atoms with E-state index in [2.05, 4.69) is 122 Å². The predicted octanol–water partition coefficient (Wildman–Crippen LogP) is 5.77. The maximum absolute atomic E-state index is 7.29. The van der Waals surface area contributed by atoms with Crippen LogP contribution in [-0.2, 0) is 0 Å². The zero-order valence-corrected chi connectivity index (χ0v) is 24.7. The molecule has 5 heterocycles. The zero-order valence-electron chi connectivity index (χ0n) is 17.5. The fraction of sp³-hybridized carbons (Fsp3) is 0. The Balaban J connectivity index is 1.67. The van der Waals surface area contributed by atoms with Crippen molar-refractivity contribution in [3.05, 3.63) is 87.4 Å². The van der Waals surface area contributed by atoms with Gasteiger partial charge >= 0.3 is 6.40 Å². The van der Waals surface area contributed by atoms with E-state index in [1.165, 1.54) is 0 Å². The van der Waals surface area contributed by atoms with Crippen LogP contribution >= 0.6 is 79.2 Å². The predicted molar refractivity (Wildman–Crippen MR) is 166 cm³/mol. The van der Waals surface area contributed by atoms with Crippen molar-refractivity contribution < 1.29 is 0 Å². The fourth-order valence-electron chi connectivity index (χ4n) is 5.08. The first-order chi connectivity index (χ1) is 17.0. The van der Waals surface area contributed by atoms with Crippen molar-refractivity contribution in [2.75, 3.05) is 0 Å². The monoisotopic (exact) mass is 808 g/mol. The molecule has 3 aliphatic heterocycles. The zero-order chi connectivity index (χ0) is 23.6. The number of aromatic nitrogens is 2. The van der Waals surface area contributed by atoms with Gasteiger partial charge in [-0.2, -0.15) is 0 Å². The van der Waals surface area contributed by atoms with Gasteiger partial charge in [-0.25, -0.2) is 20.0 Å². The van der Waals surface area contributed by atoms with Crippen molar-refractivity contribution in [2.24, 2.45) is 20.0 Å². The number of halogens is 4. The topological polar surface area (TPSA) is 59.3 Å². The standard InChI is InChI=1S/C24H9BClI3N6/c26-25-34-21-14-5-2-12(29)9-18(14)24(34)33-22-15-6-3-11(28)8-17(15)23(35(22)25)31-19-13-4-1-10(27)7-16(13)20(30-19)32-21/h1-9H. The van der Waals surface area contributed by atoms with E-state index in [0.29, 0.717) is 11.7 Å². The van der Waals surface area contributed by atoms with Crippen LogP contribution in [0, 0.1) is 10.7 Å². The molecule has 4 bridgehead atoms. The maximum Gasteiger partial charge on any atom is 0.499 e. The SMILES string of the molecule is ClB1n2c3c4ccc(I)cc4c2N=c2c4ccc(I)cc4c(n21)=NC1=NC(=N3)c2cc(I)ccc21. The minimum atomic E-state index is -0.577. The van der Waals surface area contributed by atoms with Crippen LogP contribution in [0.25, 0.3) is 21.5 Å². The summed E-state index contributed by atoms with van der Waals surface area (Å²) in [4.78, 5) is 20.3. The van der Waals surface area contributed by atoms with Crippen LogP contribution in [0.2, 0.25) is 0 Å². The van der Waals surface area contributed by atoms with E-state index in [-0.39, 0.29) is 0 Å². The average Bonchev–Trinajstić information content (AvgIpc) is 3.43. The number of fused-ring (bicyclic) bond motifs is 10. The summed E-state index contributed by atoms with van der Waals surface area (Å²) >= 11 is 14.3. The Morgan fingerprint density at radius 3 is 2.03 bits per heavy atom. The molecule has 35 heavy (non-hydrogen) atoms. The van der Waals surface area contributed by atoms with E-state index in [1.54, 1.807) is 0 Å². The molecule has 166 valence electrons. The lowest BCUT2D eigenvalue weighted by Crippen LogP contribution is -2.44. The molecule has 11 heteroatoms. The van der Waals surface area contributed by atoms with Crippen LogP contribution in [0.4, 0.5) is 11.6 Å². The first-order valence-electron chi connectivity index (χ1n) is 10.7. The van der Waals surface area contributed by atoms with Crippen LogP contribution in [0.1, 0.15) is 11.1 Å². The van der Waals surface area contributed by atoms with Crippen LogP contribution in [0.3, 0.4) is 0 Å². The molecule has 0 saturated carbocycles. The molecule has 3 aromatic carbocycles. The van der Waals surface area contributed by atoms with E-state index < -0.39 is 6.40 Å². The highest BCUT2D eigenvalue weighted by atomic mass is 127. The molecule has 3 aliphatic rings. The molecular formula is C24H9BClI3N6. The summed E-state index contributed by atoms with van der Waals surface area (Å²) in [6, 6.07) is 18.9. The summed E-state index contributed by atoms with van der Waals surface area (Å²) in [7, 11) is 0. The van der Waals surface area contributed by atoms with E-state index in [0.717, 1.165) is 66.0 Å². The summed E-state index contributed by atoms with van der Waals surface area (Å²) < 4.78 is 7.40. The molecule has 6 nitrogen and oxygen atoms in total. The minimum absolute atomic E-state index is 0.577. The minimum Gasteiger partial charge on any atom is -0.319 e. The summed E-state index contributed by atoms with van der Waals surface area (Å²) in [6.45, 7) is 0. The summed E-state index contributed by atoms with van der Waals surface area (Å²) in [5, 5.41) is 4.05. The lowest BCUT2D eigenvalue weighted by Gasteiger charge is -2.18. The van der Waals surface area contributed by atoms with Gasteiger partial charge in [-0.05, 0) is 122 Å². The number of rotatable bonds is 0. The molecule has 0 fully saturated rings. The van der Waals surface area contributed by atoms with E-state index in [1.807, 2.05) is 8.96 Å². The van der Waals surface area contributed by atoms with Crippen molar-refractivity contribution in [3.8, 4) is 0 Å². The van der Waals surface area contributed by atoms with Gasteiger partial charge in [-0.3, -0.25) is 0 Å². The third-order valence-electron chi connectivity index (χ3n) is 6.58. The van der Waals surface area contributed by atoms with Gasteiger partial charge in [0.05, 0.1) is 0 Å². The number of benzene rings is 3. The Morgan fingerprint density at radius 2 is 1.20 bits per heavy atom. The van der Waals surface area contributed by atoms with Gasteiger partial charge in [-0.15, -0.1) is 11.5 Å². The Hall–Kier alpha value is -1.78. The van der Waals surface area contributed by atoms with Crippen molar-refractivity contribution in [1.29, 1.82) is 0 Å². The van der Waals surface area contributed by atoms with Crippen LogP contribution in [0.5, 0.6) is 0 Å². The number of amidine groups is 2. The van der Waals surface area contributed by atoms with Gasteiger partial charge in [0.15, 0.2) is 11.7 Å². The highest BCUT2D eigenvalue weighted by molar-refractivity contribution is 14.1. The Labute approximate surface area is 244 Å². The quantitative estimate of drug-likeness (QED) is 0.141. The smallest absolute Gasteiger partial charge is 0.319 e. The van der Waals surface area contributed by atoms with Crippen molar-refractivity contribution in [1.82, 2.24) is 8.96 Å². The van der Waals surface area contributed by atoms with Gasteiger partial charge in [0.2, 0.25) is 0 Å². The number of hydrogen-bond acceptors (Lipinski definition) is 4. The highest BCUT2D eigenvalue weighted by Crippen LogP contribution is 2.41. The second-order valence-corrected chi connectivity index (χ2v) is 12.6. The van der Waals surface area contributed by atoms with Gasteiger partial charge in [-0.1, -0.05) is 0 Å². The Morgan fingerprint density at radius 1 is 0.571 bits per heavy atom. The number of hydrogen-bond donors (Lipinski definition) is 0. The van der Waals surface area contributed by atoms with Gasteiger partial charge in [0.1, 0.15) is 22.6 Å². The van der Waals surface area contributed by atoms with Crippen molar-refractivity contribution in [3.63, 3.8) is 0 Å². The number of nitrogens with zero attached hydrogens (tertiary/aromatic N) is 6. The summed E-state index contributed by atoms with van der Waals surface area (Å²) in [5.74, 6) is 2.85. The number of aliphatic imine (C=N–C) groups is 2. The molecular weight excluding hydrogens is 799 g/mol. The third-order valence-corrected chi connectivity index (χ3v) is 8.98. The molecule has 0 aliphatic carbocycles.